The van der Waals surface area contributed by atoms with E-state index in [1.54, 1.807) is 0 Å². The zero-order chi connectivity index (χ0) is 15.9. The van der Waals surface area contributed by atoms with Gasteiger partial charge in [0.15, 0.2) is 0 Å². The van der Waals surface area contributed by atoms with Gasteiger partial charge in [-0.2, -0.15) is 0 Å². The van der Waals surface area contributed by atoms with Crippen molar-refractivity contribution in [3.8, 4) is 5.75 Å². The van der Waals surface area contributed by atoms with Gasteiger partial charge in [0.05, 0.1) is 0 Å². The number of hydrogen-bond donors (Lipinski definition) is 2. The van der Waals surface area contributed by atoms with Crippen molar-refractivity contribution in [2.75, 3.05) is 6.54 Å². The minimum atomic E-state index is -0.156. The summed E-state index contributed by atoms with van der Waals surface area (Å²) in [5.41, 5.74) is 7.30. The molecule has 0 fully saturated rings. The van der Waals surface area contributed by atoms with E-state index in [4.69, 9.17) is 10.5 Å². The summed E-state index contributed by atoms with van der Waals surface area (Å²) in [6.45, 7) is 5.10. The average molecular weight is 301 g/mol. The summed E-state index contributed by atoms with van der Waals surface area (Å²) in [7, 11) is 0. The summed E-state index contributed by atoms with van der Waals surface area (Å²) in [6.07, 6.45) is 1.52. The average Bonchev–Trinajstić information content (AvgIpc) is 2.51. The highest BCUT2D eigenvalue weighted by Gasteiger charge is 2.04. The zero-order valence-electron chi connectivity index (χ0n) is 13.1. The van der Waals surface area contributed by atoms with Gasteiger partial charge < -0.3 is 15.5 Å². The number of nitrogens with two attached hydrogens (primary N) is 1. The Kier molecular flexibility index (Phi) is 5.72. The lowest BCUT2D eigenvalue weighted by Crippen LogP contribution is -2.15. The van der Waals surface area contributed by atoms with Crippen molar-refractivity contribution in [3.63, 3.8) is 0 Å². The molecule has 0 aliphatic heterocycles. The molecular weight excluding hydrogens is 278 g/mol. The van der Waals surface area contributed by atoms with E-state index in [1.165, 1.54) is 11.6 Å². The Morgan fingerprint density at radius 3 is 2.86 bits per heavy atom. The number of nitrogens with one attached hydrogen (secondary N) is 1. The third kappa shape index (κ3) is 4.70. The third-order valence-corrected chi connectivity index (χ3v) is 3.38. The normalized spacial score (nSPS) is 10.9. The summed E-state index contributed by atoms with van der Waals surface area (Å²) in [6, 6.07) is 9.48. The number of aromatic nitrogens is 2. The fraction of sp³-hybridized carbons (Fsp3) is 0.412. The van der Waals surface area contributed by atoms with E-state index in [2.05, 4.69) is 29.9 Å². The van der Waals surface area contributed by atoms with Crippen LogP contribution in [-0.2, 0) is 13.0 Å². The highest BCUT2D eigenvalue weighted by molar-refractivity contribution is 5.30. The SMILES string of the molecule is CC(C)c1cccc(OCc2nc(CCCN)cc(=O)[nH]2)c1. The molecule has 22 heavy (non-hydrogen) atoms. The highest BCUT2D eigenvalue weighted by Crippen LogP contribution is 2.20. The maximum Gasteiger partial charge on any atom is 0.251 e. The summed E-state index contributed by atoms with van der Waals surface area (Å²) in [5, 5.41) is 0. The molecule has 0 atom stereocenters. The van der Waals surface area contributed by atoms with Gasteiger partial charge in [0, 0.05) is 11.8 Å². The van der Waals surface area contributed by atoms with Crippen LogP contribution in [-0.4, -0.2) is 16.5 Å². The van der Waals surface area contributed by atoms with Gasteiger partial charge in [-0.15, -0.1) is 0 Å². The number of nitrogens with zero attached hydrogens (tertiary/aromatic N) is 1. The summed E-state index contributed by atoms with van der Waals surface area (Å²) >= 11 is 0. The predicted molar refractivity (Wildman–Crippen MR) is 87.1 cm³/mol. The zero-order valence-corrected chi connectivity index (χ0v) is 13.1. The van der Waals surface area contributed by atoms with E-state index in [0.29, 0.717) is 24.7 Å². The number of H-pyrrole nitrogens is 1. The lowest BCUT2D eigenvalue weighted by atomic mass is 10.0. The standard InChI is InChI=1S/C17H23N3O2/c1-12(2)13-5-3-7-15(9-13)22-11-16-19-14(6-4-8-18)10-17(21)20-16/h3,5,7,9-10,12H,4,6,8,11,18H2,1-2H3,(H,19,20,21). The van der Waals surface area contributed by atoms with Crippen LogP contribution < -0.4 is 16.0 Å². The van der Waals surface area contributed by atoms with Crippen LogP contribution in [0.4, 0.5) is 0 Å². The van der Waals surface area contributed by atoms with Crippen molar-refractivity contribution in [1.29, 1.82) is 0 Å². The smallest absolute Gasteiger partial charge is 0.251 e. The fourth-order valence-corrected chi connectivity index (χ4v) is 2.16. The van der Waals surface area contributed by atoms with E-state index in [1.807, 2.05) is 18.2 Å². The number of hydrogen-bond acceptors (Lipinski definition) is 4. The quantitative estimate of drug-likeness (QED) is 0.822. The first-order chi connectivity index (χ1) is 10.6. The summed E-state index contributed by atoms with van der Waals surface area (Å²) in [5.74, 6) is 1.76. The van der Waals surface area contributed by atoms with Crippen molar-refractivity contribution in [2.24, 2.45) is 5.73 Å². The van der Waals surface area contributed by atoms with Crippen molar-refractivity contribution in [2.45, 2.75) is 39.2 Å². The number of aryl methyl sites for hydroxylation is 1. The number of rotatable bonds is 7. The van der Waals surface area contributed by atoms with E-state index in [0.717, 1.165) is 17.9 Å². The molecule has 0 saturated heterocycles. The minimum absolute atomic E-state index is 0.156. The molecule has 2 aromatic rings. The van der Waals surface area contributed by atoms with E-state index in [-0.39, 0.29) is 12.2 Å². The maximum atomic E-state index is 11.6. The Balaban J connectivity index is 2.06. The molecule has 5 heteroatoms. The summed E-state index contributed by atoms with van der Waals surface area (Å²) < 4.78 is 5.74. The maximum absolute atomic E-state index is 11.6. The summed E-state index contributed by atoms with van der Waals surface area (Å²) in [4.78, 5) is 18.8. The van der Waals surface area contributed by atoms with Gasteiger partial charge in [-0.25, -0.2) is 4.98 Å². The van der Waals surface area contributed by atoms with E-state index in [9.17, 15) is 4.79 Å². The second-order valence-electron chi connectivity index (χ2n) is 5.59. The monoisotopic (exact) mass is 301 g/mol. The van der Waals surface area contributed by atoms with Crippen molar-refractivity contribution < 1.29 is 4.74 Å². The van der Waals surface area contributed by atoms with Crippen LogP contribution in [0, 0.1) is 0 Å². The van der Waals surface area contributed by atoms with Crippen molar-refractivity contribution in [1.82, 2.24) is 9.97 Å². The minimum Gasteiger partial charge on any atom is -0.486 e. The molecule has 0 saturated carbocycles. The third-order valence-electron chi connectivity index (χ3n) is 3.38. The molecule has 118 valence electrons. The molecule has 0 unspecified atom stereocenters. The second kappa shape index (κ2) is 7.75. The molecule has 2 rings (SSSR count). The Bertz CT molecular complexity index is 665. The Labute approximate surface area is 130 Å². The van der Waals surface area contributed by atoms with Gasteiger partial charge in [-0.1, -0.05) is 26.0 Å². The molecule has 0 radical (unpaired) electrons. The lowest BCUT2D eigenvalue weighted by Gasteiger charge is -2.10. The number of aromatic amines is 1. The first-order valence-electron chi connectivity index (χ1n) is 7.60. The molecule has 0 aliphatic carbocycles. The fourth-order valence-electron chi connectivity index (χ4n) is 2.16. The van der Waals surface area contributed by atoms with Gasteiger partial charge in [-0.05, 0) is 43.0 Å². The van der Waals surface area contributed by atoms with Crippen LogP contribution in [0.3, 0.4) is 0 Å². The largest absolute Gasteiger partial charge is 0.486 e. The molecule has 0 spiro atoms. The second-order valence-corrected chi connectivity index (χ2v) is 5.59. The molecule has 1 aromatic carbocycles. The molecule has 3 N–H and O–H groups in total. The van der Waals surface area contributed by atoms with Crippen LogP contribution in [0.5, 0.6) is 5.75 Å². The Morgan fingerprint density at radius 2 is 2.14 bits per heavy atom. The molecule has 0 bridgehead atoms. The molecule has 1 aromatic heterocycles. The number of ether oxygens (including phenoxy) is 1. The number of benzene rings is 1. The van der Waals surface area contributed by atoms with Crippen molar-refractivity contribution >= 4 is 0 Å². The topological polar surface area (TPSA) is 81.0 Å². The first-order valence-corrected chi connectivity index (χ1v) is 7.60. The van der Waals surface area contributed by atoms with Crippen LogP contribution in [0.1, 0.15) is 43.3 Å². The molecule has 0 aliphatic rings. The molecule has 5 nitrogen and oxygen atoms in total. The van der Waals surface area contributed by atoms with Gasteiger partial charge in [-0.3, -0.25) is 4.79 Å². The highest BCUT2D eigenvalue weighted by atomic mass is 16.5. The predicted octanol–water partition coefficient (Wildman–Crippen LogP) is 2.36. The van der Waals surface area contributed by atoms with Gasteiger partial charge >= 0.3 is 0 Å². The van der Waals surface area contributed by atoms with Gasteiger partial charge in [0.1, 0.15) is 18.2 Å². The van der Waals surface area contributed by atoms with Crippen molar-refractivity contribution in [3.05, 3.63) is 57.8 Å². The van der Waals surface area contributed by atoms with Gasteiger partial charge in [0.25, 0.3) is 5.56 Å². The van der Waals surface area contributed by atoms with E-state index >= 15 is 0 Å². The van der Waals surface area contributed by atoms with Crippen LogP contribution in [0.15, 0.2) is 35.1 Å². The lowest BCUT2D eigenvalue weighted by molar-refractivity contribution is 0.294. The van der Waals surface area contributed by atoms with Crippen LogP contribution >= 0.6 is 0 Å². The molecular formula is C17H23N3O2. The Morgan fingerprint density at radius 1 is 1.32 bits per heavy atom. The van der Waals surface area contributed by atoms with Crippen LogP contribution in [0.2, 0.25) is 0 Å². The van der Waals surface area contributed by atoms with E-state index < -0.39 is 0 Å². The molecule has 0 amide bonds. The Hall–Kier alpha value is -2.14. The molecule has 1 heterocycles. The first kappa shape index (κ1) is 16.2. The van der Waals surface area contributed by atoms with Crippen LogP contribution in [0.25, 0.3) is 0 Å². The van der Waals surface area contributed by atoms with Gasteiger partial charge in [0.2, 0.25) is 0 Å².